The minimum atomic E-state index is -0.150. The number of nitrogens with zero attached hydrogens (tertiary/aromatic N) is 2. The van der Waals surface area contributed by atoms with E-state index >= 15 is 0 Å². The van der Waals surface area contributed by atoms with Crippen molar-refractivity contribution in [1.29, 1.82) is 0 Å². The van der Waals surface area contributed by atoms with Gasteiger partial charge in [-0.05, 0) is 24.6 Å². The van der Waals surface area contributed by atoms with Gasteiger partial charge in [0.05, 0.1) is 25.0 Å². The van der Waals surface area contributed by atoms with E-state index < -0.39 is 0 Å². The predicted molar refractivity (Wildman–Crippen MR) is 92.1 cm³/mol. The summed E-state index contributed by atoms with van der Waals surface area (Å²) in [6, 6.07) is 13.5. The van der Waals surface area contributed by atoms with Crippen molar-refractivity contribution < 1.29 is 4.79 Å². The summed E-state index contributed by atoms with van der Waals surface area (Å²) in [6.45, 7) is 3.40. The minimum absolute atomic E-state index is 0.134. The number of anilines is 1. The van der Waals surface area contributed by atoms with Crippen LogP contribution < -0.4 is 16.0 Å². The van der Waals surface area contributed by atoms with E-state index in [-0.39, 0.29) is 12.5 Å². The number of amides is 1. The van der Waals surface area contributed by atoms with Crippen molar-refractivity contribution in [3.8, 4) is 0 Å². The van der Waals surface area contributed by atoms with Crippen molar-refractivity contribution in [3.05, 3.63) is 60.4 Å². The van der Waals surface area contributed by atoms with Gasteiger partial charge in [-0.1, -0.05) is 30.3 Å². The highest BCUT2D eigenvalue weighted by Gasteiger charge is 2.04. The first-order valence-corrected chi connectivity index (χ1v) is 7.54. The lowest BCUT2D eigenvalue weighted by molar-refractivity contribution is -0.115. The van der Waals surface area contributed by atoms with Crippen LogP contribution in [0.3, 0.4) is 0 Å². The van der Waals surface area contributed by atoms with E-state index in [1.54, 1.807) is 24.5 Å². The van der Waals surface area contributed by atoms with Gasteiger partial charge in [0.15, 0.2) is 5.96 Å². The molecular formula is C17H21N5O. The molecule has 0 spiro atoms. The van der Waals surface area contributed by atoms with Crippen LogP contribution in [0, 0.1) is 0 Å². The summed E-state index contributed by atoms with van der Waals surface area (Å²) in [5.74, 6) is 0.459. The average molecular weight is 311 g/mol. The summed E-state index contributed by atoms with van der Waals surface area (Å²) in [6.07, 6.45) is 3.26. The van der Waals surface area contributed by atoms with Gasteiger partial charge in [-0.2, -0.15) is 0 Å². The van der Waals surface area contributed by atoms with Crippen LogP contribution in [0.25, 0.3) is 0 Å². The Morgan fingerprint density at radius 3 is 2.65 bits per heavy atom. The number of aromatic nitrogens is 1. The van der Waals surface area contributed by atoms with Gasteiger partial charge in [-0.15, -0.1) is 0 Å². The third kappa shape index (κ3) is 6.17. The van der Waals surface area contributed by atoms with E-state index in [2.05, 4.69) is 25.9 Å². The molecule has 0 radical (unpaired) electrons. The van der Waals surface area contributed by atoms with Crippen molar-refractivity contribution >= 4 is 17.6 Å². The predicted octanol–water partition coefficient (Wildman–Crippen LogP) is 1.78. The van der Waals surface area contributed by atoms with Crippen LogP contribution in [0.2, 0.25) is 0 Å². The van der Waals surface area contributed by atoms with Crippen molar-refractivity contribution in [2.75, 3.05) is 18.4 Å². The Kier molecular flexibility index (Phi) is 6.59. The van der Waals surface area contributed by atoms with Crippen molar-refractivity contribution in [3.63, 3.8) is 0 Å². The molecule has 0 saturated heterocycles. The smallest absolute Gasteiger partial charge is 0.243 e. The monoisotopic (exact) mass is 311 g/mol. The standard InChI is InChI=1S/C17H21N5O/c1-2-19-17(20-11-14-7-4-3-5-8-14)21-13-16(23)22-15-9-6-10-18-12-15/h3-10,12H,2,11,13H2,1H3,(H,22,23)(H2,19,20,21). The summed E-state index contributed by atoms with van der Waals surface area (Å²) in [5.41, 5.74) is 1.79. The second kappa shape index (κ2) is 9.19. The zero-order valence-electron chi connectivity index (χ0n) is 13.1. The number of carbonyl (C=O) groups excluding carboxylic acids is 1. The number of guanidine groups is 1. The fourth-order valence-electron chi connectivity index (χ4n) is 1.90. The molecule has 1 amide bonds. The van der Waals surface area contributed by atoms with Gasteiger partial charge in [-0.3, -0.25) is 9.78 Å². The molecule has 3 N–H and O–H groups in total. The Balaban J connectivity index is 1.85. The lowest BCUT2D eigenvalue weighted by Crippen LogP contribution is -2.41. The number of carbonyl (C=O) groups is 1. The molecule has 0 atom stereocenters. The van der Waals surface area contributed by atoms with Crippen molar-refractivity contribution in [2.24, 2.45) is 4.99 Å². The fourth-order valence-corrected chi connectivity index (χ4v) is 1.90. The summed E-state index contributed by atoms with van der Waals surface area (Å²) in [7, 11) is 0. The molecule has 1 aromatic heterocycles. The molecule has 1 heterocycles. The van der Waals surface area contributed by atoms with Gasteiger partial charge < -0.3 is 16.0 Å². The van der Waals surface area contributed by atoms with Crippen LogP contribution in [-0.4, -0.2) is 29.9 Å². The first kappa shape index (κ1) is 16.5. The number of hydrogen-bond donors (Lipinski definition) is 3. The number of rotatable bonds is 6. The number of aliphatic imine (C=N–C) groups is 1. The third-order valence-electron chi connectivity index (χ3n) is 2.97. The van der Waals surface area contributed by atoms with Gasteiger partial charge in [0, 0.05) is 12.7 Å². The normalized spacial score (nSPS) is 10.9. The minimum Gasteiger partial charge on any atom is -0.357 e. The van der Waals surface area contributed by atoms with Gasteiger partial charge in [0.2, 0.25) is 5.91 Å². The Bertz CT molecular complexity index is 628. The maximum Gasteiger partial charge on any atom is 0.243 e. The zero-order valence-corrected chi connectivity index (χ0v) is 13.1. The van der Waals surface area contributed by atoms with Crippen molar-refractivity contribution in [1.82, 2.24) is 15.6 Å². The number of benzene rings is 1. The maximum absolute atomic E-state index is 11.9. The number of pyridine rings is 1. The highest BCUT2D eigenvalue weighted by molar-refractivity contribution is 5.94. The van der Waals surface area contributed by atoms with Crippen LogP contribution >= 0.6 is 0 Å². The van der Waals surface area contributed by atoms with Gasteiger partial charge in [0.25, 0.3) is 0 Å². The second-order valence-electron chi connectivity index (χ2n) is 4.82. The molecule has 0 unspecified atom stereocenters. The molecule has 0 fully saturated rings. The molecule has 0 aliphatic rings. The topological polar surface area (TPSA) is 78.4 Å². The summed E-state index contributed by atoms with van der Waals surface area (Å²) < 4.78 is 0. The van der Waals surface area contributed by atoms with E-state index in [1.807, 2.05) is 37.3 Å². The van der Waals surface area contributed by atoms with E-state index in [0.29, 0.717) is 18.2 Å². The molecule has 23 heavy (non-hydrogen) atoms. The lowest BCUT2D eigenvalue weighted by Gasteiger charge is -2.11. The first-order valence-electron chi connectivity index (χ1n) is 7.54. The van der Waals surface area contributed by atoms with Gasteiger partial charge in [0.1, 0.15) is 0 Å². The summed E-state index contributed by atoms with van der Waals surface area (Å²) in [4.78, 5) is 20.3. The SMILES string of the molecule is CCNC(=NCc1ccccc1)NCC(=O)Nc1cccnc1. The highest BCUT2D eigenvalue weighted by Crippen LogP contribution is 2.02. The molecule has 0 bridgehead atoms. The average Bonchev–Trinajstić information content (AvgIpc) is 2.59. The molecule has 2 aromatic rings. The van der Waals surface area contributed by atoms with Crippen LogP contribution in [0.1, 0.15) is 12.5 Å². The third-order valence-corrected chi connectivity index (χ3v) is 2.97. The Morgan fingerprint density at radius 1 is 1.13 bits per heavy atom. The number of hydrogen-bond acceptors (Lipinski definition) is 3. The molecule has 1 aromatic carbocycles. The Labute approximate surface area is 136 Å². The fraction of sp³-hybridized carbons (Fsp3) is 0.235. The van der Waals surface area contributed by atoms with Crippen LogP contribution in [0.5, 0.6) is 0 Å². The molecule has 0 saturated carbocycles. The van der Waals surface area contributed by atoms with Crippen LogP contribution in [0.15, 0.2) is 59.9 Å². The van der Waals surface area contributed by atoms with E-state index in [4.69, 9.17) is 0 Å². The largest absolute Gasteiger partial charge is 0.357 e. The van der Waals surface area contributed by atoms with Gasteiger partial charge in [-0.25, -0.2) is 4.99 Å². The van der Waals surface area contributed by atoms with Gasteiger partial charge >= 0.3 is 0 Å². The molecular weight excluding hydrogens is 290 g/mol. The molecule has 6 heteroatoms. The van der Waals surface area contributed by atoms with E-state index in [1.165, 1.54) is 0 Å². The van der Waals surface area contributed by atoms with E-state index in [0.717, 1.165) is 12.1 Å². The molecule has 0 aliphatic heterocycles. The molecule has 120 valence electrons. The second-order valence-corrected chi connectivity index (χ2v) is 4.82. The van der Waals surface area contributed by atoms with E-state index in [9.17, 15) is 4.79 Å². The summed E-state index contributed by atoms with van der Waals surface area (Å²) in [5, 5.41) is 8.90. The lowest BCUT2D eigenvalue weighted by atomic mass is 10.2. The number of nitrogens with one attached hydrogen (secondary N) is 3. The zero-order chi connectivity index (χ0) is 16.3. The first-order chi connectivity index (χ1) is 11.3. The Morgan fingerprint density at radius 2 is 1.96 bits per heavy atom. The maximum atomic E-state index is 11.9. The molecule has 2 rings (SSSR count). The summed E-state index contributed by atoms with van der Waals surface area (Å²) >= 11 is 0. The highest BCUT2D eigenvalue weighted by atomic mass is 16.1. The van der Waals surface area contributed by atoms with Crippen molar-refractivity contribution in [2.45, 2.75) is 13.5 Å². The molecule has 6 nitrogen and oxygen atoms in total. The van der Waals surface area contributed by atoms with Crippen LogP contribution in [0.4, 0.5) is 5.69 Å². The van der Waals surface area contributed by atoms with Crippen LogP contribution in [-0.2, 0) is 11.3 Å². The quantitative estimate of drug-likeness (QED) is 0.561. The molecule has 0 aliphatic carbocycles. The Hall–Kier alpha value is -2.89.